The zero-order chi connectivity index (χ0) is 12.9. The van der Waals surface area contributed by atoms with Gasteiger partial charge in [0.15, 0.2) is 0 Å². The van der Waals surface area contributed by atoms with Crippen LogP contribution in [0.2, 0.25) is 0 Å². The van der Waals surface area contributed by atoms with Gasteiger partial charge in [-0.1, -0.05) is 65.2 Å². The highest BCUT2D eigenvalue weighted by atomic mass is 17.0. The van der Waals surface area contributed by atoms with E-state index in [0.29, 0.717) is 0 Å². The Kier molecular flexibility index (Phi) is 11.1. The summed E-state index contributed by atoms with van der Waals surface area (Å²) in [4.78, 5) is 15.1. The van der Waals surface area contributed by atoms with E-state index in [-0.39, 0.29) is 6.10 Å². The van der Waals surface area contributed by atoms with E-state index >= 15 is 0 Å². The molecular formula is C13H27NO3. The third kappa shape index (κ3) is 11.5. The van der Waals surface area contributed by atoms with E-state index in [2.05, 4.69) is 13.8 Å². The summed E-state index contributed by atoms with van der Waals surface area (Å²) >= 11 is 0. The quantitative estimate of drug-likeness (QED) is 0.289. The molecule has 17 heavy (non-hydrogen) atoms. The first-order valence-electron chi connectivity index (χ1n) is 7.01. The molecule has 0 aliphatic carbocycles. The Morgan fingerprint density at radius 1 is 0.941 bits per heavy atom. The Morgan fingerprint density at radius 2 is 1.41 bits per heavy atom. The van der Waals surface area contributed by atoms with Crippen molar-refractivity contribution in [2.24, 2.45) is 0 Å². The predicted molar refractivity (Wildman–Crippen MR) is 69.4 cm³/mol. The van der Waals surface area contributed by atoms with E-state index in [4.69, 9.17) is 4.84 Å². The highest BCUT2D eigenvalue weighted by Gasteiger charge is 2.12. The lowest BCUT2D eigenvalue weighted by atomic mass is 10.0. The van der Waals surface area contributed by atoms with Crippen LogP contribution in [-0.2, 0) is 4.84 Å². The van der Waals surface area contributed by atoms with Crippen LogP contribution < -0.4 is 0 Å². The Bertz CT molecular complexity index is 186. The maximum atomic E-state index is 10.4. The van der Waals surface area contributed by atoms with E-state index < -0.39 is 5.09 Å². The summed E-state index contributed by atoms with van der Waals surface area (Å²) < 4.78 is 0. The molecule has 0 heterocycles. The van der Waals surface area contributed by atoms with Crippen molar-refractivity contribution in [3.8, 4) is 0 Å². The maximum Gasteiger partial charge on any atom is 0.294 e. The first kappa shape index (κ1) is 16.2. The number of hydrogen-bond donors (Lipinski definition) is 0. The number of nitrogens with zero attached hydrogens (tertiary/aromatic N) is 1. The van der Waals surface area contributed by atoms with Gasteiger partial charge in [0.25, 0.3) is 5.09 Å². The van der Waals surface area contributed by atoms with E-state index in [1.54, 1.807) is 0 Å². The van der Waals surface area contributed by atoms with Crippen molar-refractivity contribution in [1.29, 1.82) is 0 Å². The minimum absolute atomic E-state index is 0.182. The van der Waals surface area contributed by atoms with Gasteiger partial charge in [0, 0.05) is 0 Å². The summed E-state index contributed by atoms with van der Waals surface area (Å²) in [5, 5.41) is 9.72. The Morgan fingerprint density at radius 3 is 1.94 bits per heavy atom. The Labute approximate surface area is 105 Å². The van der Waals surface area contributed by atoms with Crippen molar-refractivity contribution >= 4 is 0 Å². The third-order valence-electron chi connectivity index (χ3n) is 2.99. The van der Waals surface area contributed by atoms with E-state index in [1.165, 1.54) is 25.7 Å². The van der Waals surface area contributed by atoms with Gasteiger partial charge in [0.2, 0.25) is 0 Å². The van der Waals surface area contributed by atoms with Gasteiger partial charge in [0.1, 0.15) is 6.10 Å². The zero-order valence-electron chi connectivity index (χ0n) is 11.3. The molecule has 4 nitrogen and oxygen atoms in total. The van der Waals surface area contributed by atoms with Gasteiger partial charge >= 0.3 is 0 Å². The molecule has 4 heteroatoms. The van der Waals surface area contributed by atoms with Gasteiger partial charge in [0.05, 0.1) is 0 Å². The summed E-state index contributed by atoms with van der Waals surface area (Å²) in [6.45, 7) is 4.32. The maximum absolute atomic E-state index is 10.4. The molecule has 1 unspecified atom stereocenters. The summed E-state index contributed by atoms with van der Waals surface area (Å²) in [5.74, 6) is 0. The zero-order valence-corrected chi connectivity index (χ0v) is 11.3. The van der Waals surface area contributed by atoms with Crippen LogP contribution in [0.1, 0.15) is 78.1 Å². The van der Waals surface area contributed by atoms with Gasteiger partial charge < -0.3 is 4.84 Å². The number of rotatable bonds is 12. The van der Waals surface area contributed by atoms with Crippen LogP contribution in [0.25, 0.3) is 0 Å². The summed E-state index contributed by atoms with van der Waals surface area (Å²) in [5.41, 5.74) is 0. The highest BCUT2D eigenvalue weighted by Crippen LogP contribution is 2.15. The standard InChI is InChI=1S/C13H27NO3/c1-3-5-7-8-10-12-13(17-14(15)16)11-9-6-4-2/h13H,3-12H2,1-2H3. The van der Waals surface area contributed by atoms with Crippen molar-refractivity contribution in [3.63, 3.8) is 0 Å². The summed E-state index contributed by atoms with van der Waals surface area (Å²) in [6, 6.07) is 0. The molecule has 0 saturated heterocycles. The van der Waals surface area contributed by atoms with Crippen LogP contribution >= 0.6 is 0 Å². The SMILES string of the molecule is CCCCCCCC(CCCCC)O[N+](=O)[O-]. The summed E-state index contributed by atoms with van der Waals surface area (Å²) in [7, 11) is 0. The molecular weight excluding hydrogens is 218 g/mol. The van der Waals surface area contributed by atoms with E-state index in [1.807, 2.05) is 0 Å². The van der Waals surface area contributed by atoms with Crippen molar-refractivity contribution in [2.75, 3.05) is 0 Å². The normalized spacial score (nSPS) is 12.4. The minimum atomic E-state index is -0.636. The molecule has 0 radical (unpaired) electrons. The van der Waals surface area contributed by atoms with Crippen molar-refractivity contribution in [2.45, 2.75) is 84.2 Å². The van der Waals surface area contributed by atoms with Crippen LogP contribution in [0.4, 0.5) is 0 Å². The van der Waals surface area contributed by atoms with Gasteiger partial charge in [-0.2, -0.15) is 0 Å². The molecule has 0 aromatic rings. The molecule has 0 fully saturated rings. The molecule has 1 atom stereocenters. The van der Waals surface area contributed by atoms with Crippen molar-refractivity contribution < 1.29 is 9.92 Å². The molecule has 0 saturated carbocycles. The van der Waals surface area contributed by atoms with Gasteiger partial charge in [-0.25, -0.2) is 0 Å². The van der Waals surface area contributed by atoms with Crippen LogP contribution in [-0.4, -0.2) is 11.2 Å². The highest BCUT2D eigenvalue weighted by molar-refractivity contribution is 4.57. The first-order chi connectivity index (χ1) is 8.20. The van der Waals surface area contributed by atoms with Crippen molar-refractivity contribution in [1.82, 2.24) is 0 Å². The Balaban J connectivity index is 3.65. The lowest BCUT2D eigenvalue weighted by Crippen LogP contribution is -2.17. The lowest BCUT2D eigenvalue weighted by Gasteiger charge is -2.14. The predicted octanol–water partition coefficient (Wildman–Crippen LogP) is 4.50. The molecule has 0 bridgehead atoms. The monoisotopic (exact) mass is 245 g/mol. The molecule has 0 aliphatic rings. The first-order valence-corrected chi connectivity index (χ1v) is 7.01. The smallest absolute Gasteiger partial charge is 0.294 e. The molecule has 0 aromatic heterocycles. The second-order valence-corrected chi connectivity index (χ2v) is 4.65. The van der Waals surface area contributed by atoms with Gasteiger partial charge in [-0.05, 0) is 12.8 Å². The molecule has 0 N–H and O–H groups in total. The number of unbranched alkanes of at least 4 members (excludes halogenated alkanes) is 6. The average Bonchev–Trinajstić information content (AvgIpc) is 2.28. The lowest BCUT2D eigenvalue weighted by molar-refractivity contribution is -0.769. The van der Waals surface area contributed by atoms with Crippen molar-refractivity contribution in [3.05, 3.63) is 10.1 Å². The second-order valence-electron chi connectivity index (χ2n) is 4.65. The van der Waals surface area contributed by atoms with Crippen LogP contribution in [0.5, 0.6) is 0 Å². The van der Waals surface area contributed by atoms with E-state index in [0.717, 1.165) is 38.5 Å². The fourth-order valence-electron chi connectivity index (χ4n) is 1.97. The fourth-order valence-corrected chi connectivity index (χ4v) is 1.97. The molecule has 0 aromatic carbocycles. The minimum Gasteiger partial charge on any atom is -0.311 e. The Hall–Kier alpha value is -0.800. The fraction of sp³-hybridized carbons (Fsp3) is 1.00. The third-order valence-corrected chi connectivity index (χ3v) is 2.99. The molecule has 0 aliphatic heterocycles. The molecule has 102 valence electrons. The second kappa shape index (κ2) is 11.7. The van der Waals surface area contributed by atoms with Crippen LogP contribution in [0, 0.1) is 10.1 Å². The van der Waals surface area contributed by atoms with Crippen LogP contribution in [0.3, 0.4) is 0 Å². The molecule has 0 amide bonds. The topological polar surface area (TPSA) is 52.4 Å². The summed E-state index contributed by atoms with van der Waals surface area (Å²) in [6.07, 6.45) is 10.7. The number of hydrogen-bond acceptors (Lipinski definition) is 3. The van der Waals surface area contributed by atoms with Gasteiger partial charge in [-0.3, -0.25) is 0 Å². The largest absolute Gasteiger partial charge is 0.311 e. The van der Waals surface area contributed by atoms with E-state index in [9.17, 15) is 10.1 Å². The average molecular weight is 245 g/mol. The van der Waals surface area contributed by atoms with Gasteiger partial charge in [-0.15, -0.1) is 10.1 Å². The van der Waals surface area contributed by atoms with Crippen LogP contribution in [0.15, 0.2) is 0 Å². The molecule has 0 spiro atoms. The molecule has 0 rings (SSSR count).